The Hall–Kier alpha value is -2.21. The van der Waals surface area contributed by atoms with Crippen LogP contribution in [0, 0.1) is 23.7 Å². The molecule has 0 saturated heterocycles. The van der Waals surface area contributed by atoms with Crippen molar-refractivity contribution in [1.82, 2.24) is 10.6 Å². The predicted molar refractivity (Wildman–Crippen MR) is 151 cm³/mol. The molecule has 0 aromatic heterocycles. The molecule has 6 nitrogen and oxygen atoms in total. The number of hydrogen-bond donors (Lipinski definition) is 3. The highest BCUT2D eigenvalue weighted by atomic mass is 16.2. The smallest absolute Gasteiger partial charge is 0.251 e. The number of carbonyl (C=O) groups is 3. The average molecular weight is 512 g/mol. The highest BCUT2D eigenvalue weighted by Crippen LogP contribution is 2.31. The lowest BCUT2D eigenvalue weighted by atomic mass is 9.80. The van der Waals surface area contributed by atoms with E-state index >= 15 is 0 Å². The van der Waals surface area contributed by atoms with Crippen LogP contribution in [0.1, 0.15) is 119 Å². The number of nitrogens with one attached hydrogen (secondary N) is 3. The molecule has 6 atom stereocenters. The molecule has 1 aromatic rings. The van der Waals surface area contributed by atoms with Gasteiger partial charge in [-0.15, -0.1) is 0 Å². The minimum absolute atomic E-state index is 0.00555. The molecule has 0 bridgehead atoms. The van der Waals surface area contributed by atoms with Crippen LogP contribution >= 0.6 is 0 Å². The van der Waals surface area contributed by atoms with E-state index < -0.39 is 0 Å². The lowest BCUT2D eigenvalue weighted by molar-refractivity contribution is -0.122. The molecular formula is C31H49N3O3. The van der Waals surface area contributed by atoms with Crippen LogP contribution in [0.4, 0.5) is 5.69 Å². The van der Waals surface area contributed by atoms with Crippen LogP contribution in [-0.4, -0.2) is 37.2 Å². The van der Waals surface area contributed by atoms with E-state index in [2.05, 4.69) is 43.8 Å². The van der Waals surface area contributed by atoms with Gasteiger partial charge in [-0.25, -0.2) is 0 Å². The first-order valence-electron chi connectivity index (χ1n) is 14.7. The Labute approximate surface area is 224 Å². The highest BCUT2D eigenvalue weighted by Gasteiger charge is 2.28. The Morgan fingerprint density at radius 2 is 1.32 bits per heavy atom. The summed E-state index contributed by atoms with van der Waals surface area (Å²) in [6, 6.07) is 5.88. The van der Waals surface area contributed by atoms with E-state index in [4.69, 9.17) is 0 Å². The minimum Gasteiger partial charge on any atom is -0.349 e. The van der Waals surface area contributed by atoms with Gasteiger partial charge in [-0.05, 0) is 81.5 Å². The second-order valence-corrected chi connectivity index (χ2v) is 11.8. The van der Waals surface area contributed by atoms with Crippen molar-refractivity contribution in [2.75, 3.05) is 12.4 Å². The summed E-state index contributed by atoms with van der Waals surface area (Å²) in [7, 11) is 2.08. The van der Waals surface area contributed by atoms with Crippen LogP contribution < -0.4 is 16.0 Å². The van der Waals surface area contributed by atoms with E-state index in [1.54, 1.807) is 18.2 Å². The Kier molecular flexibility index (Phi) is 11.6. The van der Waals surface area contributed by atoms with Gasteiger partial charge in [0.1, 0.15) is 6.29 Å². The summed E-state index contributed by atoms with van der Waals surface area (Å²) in [5.41, 5.74) is 1.35. The van der Waals surface area contributed by atoms with Crippen molar-refractivity contribution < 1.29 is 14.4 Å². The summed E-state index contributed by atoms with van der Waals surface area (Å²) in [6.45, 7) is 6.64. The molecule has 206 valence electrons. The van der Waals surface area contributed by atoms with Crippen LogP contribution in [0.25, 0.3) is 0 Å². The number of hydrogen-bond acceptors (Lipinski definition) is 4. The van der Waals surface area contributed by atoms with E-state index in [0.717, 1.165) is 56.8 Å². The molecule has 0 spiro atoms. The first-order chi connectivity index (χ1) is 17.8. The summed E-state index contributed by atoms with van der Waals surface area (Å²) in [6.07, 6.45) is 15.1. The van der Waals surface area contributed by atoms with Gasteiger partial charge < -0.3 is 16.0 Å². The Bertz CT molecular complexity index is 902. The van der Waals surface area contributed by atoms with E-state index in [-0.39, 0.29) is 23.8 Å². The molecule has 2 amide bonds. The van der Waals surface area contributed by atoms with Crippen LogP contribution in [0.2, 0.25) is 0 Å². The lowest BCUT2D eigenvalue weighted by Crippen LogP contribution is -2.41. The van der Waals surface area contributed by atoms with Crippen molar-refractivity contribution in [3.8, 4) is 0 Å². The molecule has 3 N–H and O–H groups in total. The van der Waals surface area contributed by atoms with Gasteiger partial charge in [-0.2, -0.15) is 0 Å². The fourth-order valence-electron chi connectivity index (χ4n) is 6.39. The molecule has 3 saturated carbocycles. The van der Waals surface area contributed by atoms with Gasteiger partial charge in [0, 0.05) is 34.8 Å². The first kappa shape index (κ1) is 29.3. The number of aldehydes is 1. The van der Waals surface area contributed by atoms with Crippen LogP contribution in [0.5, 0.6) is 0 Å². The zero-order chi connectivity index (χ0) is 26.8. The largest absolute Gasteiger partial charge is 0.349 e. The molecule has 3 fully saturated rings. The van der Waals surface area contributed by atoms with Gasteiger partial charge in [0.2, 0.25) is 5.91 Å². The molecule has 3 aliphatic carbocycles. The monoisotopic (exact) mass is 511 g/mol. The lowest BCUT2D eigenvalue weighted by Gasteiger charge is -2.29. The predicted octanol–water partition coefficient (Wildman–Crippen LogP) is 6.36. The van der Waals surface area contributed by atoms with E-state index in [1.165, 1.54) is 38.5 Å². The summed E-state index contributed by atoms with van der Waals surface area (Å²) >= 11 is 0. The molecule has 1 aromatic carbocycles. The van der Waals surface area contributed by atoms with Crippen molar-refractivity contribution in [2.24, 2.45) is 23.7 Å². The van der Waals surface area contributed by atoms with Gasteiger partial charge in [0.05, 0.1) is 0 Å². The van der Waals surface area contributed by atoms with E-state index in [0.29, 0.717) is 28.7 Å². The molecule has 3 aliphatic rings. The van der Waals surface area contributed by atoms with Crippen molar-refractivity contribution >= 4 is 23.8 Å². The van der Waals surface area contributed by atoms with Crippen molar-refractivity contribution in [2.45, 2.75) is 110 Å². The van der Waals surface area contributed by atoms with Crippen molar-refractivity contribution in [3.05, 3.63) is 29.3 Å². The van der Waals surface area contributed by atoms with Crippen LogP contribution in [0.3, 0.4) is 0 Å². The third-order valence-electron chi connectivity index (χ3n) is 8.98. The zero-order valence-corrected chi connectivity index (χ0v) is 23.5. The third kappa shape index (κ3) is 8.66. The second kappa shape index (κ2) is 14.7. The fourth-order valence-corrected chi connectivity index (χ4v) is 6.39. The van der Waals surface area contributed by atoms with Gasteiger partial charge in [-0.3, -0.25) is 14.4 Å². The Morgan fingerprint density at radius 3 is 1.86 bits per heavy atom. The van der Waals surface area contributed by atoms with Gasteiger partial charge >= 0.3 is 0 Å². The summed E-state index contributed by atoms with van der Waals surface area (Å²) in [5.74, 6) is 1.53. The summed E-state index contributed by atoms with van der Waals surface area (Å²) < 4.78 is 0. The first-order valence-corrected chi connectivity index (χ1v) is 14.7. The van der Waals surface area contributed by atoms with Gasteiger partial charge in [-0.1, -0.05) is 59.3 Å². The molecule has 0 aliphatic heterocycles. The maximum Gasteiger partial charge on any atom is 0.251 e. The maximum absolute atomic E-state index is 12.8. The summed E-state index contributed by atoms with van der Waals surface area (Å²) in [4.78, 5) is 36.9. The Morgan fingerprint density at radius 1 is 0.757 bits per heavy atom. The third-order valence-corrected chi connectivity index (χ3v) is 8.98. The average Bonchev–Trinajstić information content (AvgIpc) is 2.90. The number of benzene rings is 1. The van der Waals surface area contributed by atoms with Crippen molar-refractivity contribution in [1.29, 1.82) is 0 Å². The van der Waals surface area contributed by atoms with Gasteiger partial charge in [0.15, 0.2) is 0 Å². The van der Waals surface area contributed by atoms with Gasteiger partial charge in [0.25, 0.3) is 5.91 Å². The highest BCUT2D eigenvalue weighted by molar-refractivity contribution is 5.99. The normalized spacial score (nSPS) is 29.8. The van der Waals surface area contributed by atoms with Crippen molar-refractivity contribution in [3.63, 3.8) is 0 Å². The Balaban J connectivity index is 0.000000356. The number of anilines is 1. The zero-order valence-electron chi connectivity index (χ0n) is 23.5. The topological polar surface area (TPSA) is 87.3 Å². The molecule has 4 rings (SSSR count). The molecule has 0 radical (unpaired) electrons. The SMILES string of the molecule is CC1CCCCC1NC(=O)c1cc(C=O)cc(NC(=O)C2CCCCC2C)c1.CNC1CCCCC1C. The van der Waals surface area contributed by atoms with Crippen LogP contribution in [0.15, 0.2) is 18.2 Å². The number of amides is 2. The van der Waals surface area contributed by atoms with E-state index in [9.17, 15) is 14.4 Å². The minimum atomic E-state index is -0.177. The maximum atomic E-state index is 12.8. The molecule has 6 unspecified atom stereocenters. The molecule has 37 heavy (non-hydrogen) atoms. The fraction of sp³-hybridized carbons (Fsp3) is 0.710. The van der Waals surface area contributed by atoms with E-state index in [1.807, 2.05) is 0 Å². The summed E-state index contributed by atoms with van der Waals surface area (Å²) in [5, 5.41) is 9.42. The quantitative estimate of drug-likeness (QED) is 0.388. The number of rotatable bonds is 6. The molecular weight excluding hydrogens is 462 g/mol. The number of carbonyl (C=O) groups excluding carboxylic acids is 3. The molecule has 0 heterocycles. The standard InChI is InChI=1S/C23H32N2O3.C8H17N/c1-15-7-3-5-9-20(15)23(28)24-19-12-17(14-26)11-18(13-19)22(27)25-21-10-6-4-8-16(21)2;1-7-5-3-4-6-8(7)9-2/h11-16,20-21H,3-10H2,1-2H3,(H,24,28)(H,25,27);7-9H,3-6H2,1-2H3. The molecule has 6 heteroatoms. The second-order valence-electron chi connectivity index (χ2n) is 11.8. The van der Waals surface area contributed by atoms with Crippen LogP contribution in [-0.2, 0) is 4.79 Å².